The number of hydrogen-bond acceptors (Lipinski definition) is 13. The van der Waals surface area contributed by atoms with Crippen LogP contribution in [0.2, 0.25) is 0 Å². The number of amides is 3. The first-order valence-electron chi connectivity index (χ1n) is 12.3. The van der Waals surface area contributed by atoms with Gasteiger partial charge in [-0.05, 0) is 55.8 Å². The number of aliphatic carboxylic acids is 1. The van der Waals surface area contributed by atoms with Gasteiger partial charge in [-0.1, -0.05) is 16.9 Å². The van der Waals surface area contributed by atoms with Crippen LogP contribution in [0, 0.1) is 0 Å². The van der Waals surface area contributed by atoms with Crippen molar-refractivity contribution in [3.05, 3.63) is 35.4 Å². The molecule has 19 heteroatoms. The number of nitrogens with one attached hydrogen (secondary N) is 1. The highest BCUT2D eigenvalue weighted by atomic mass is 32.2. The summed E-state index contributed by atoms with van der Waals surface area (Å²) >= 11 is 2.35. The summed E-state index contributed by atoms with van der Waals surface area (Å²) in [6.45, 7) is 6.61. The van der Waals surface area contributed by atoms with Crippen LogP contribution in [0.1, 0.15) is 39.6 Å². The molecule has 0 aliphatic carbocycles. The number of carboxylic acids is 1. The van der Waals surface area contributed by atoms with E-state index in [1.54, 1.807) is 26.8 Å². The maximum absolute atomic E-state index is 13.1. The number of nitrogens with zero attached hydrogens (tertiary/aromatic N) is 7. The van der Waals surface area contributed by atoms with E-state index in [9.17, 15) is 29.4 Å². The summed E-state index contributed by atoms with van der Waals surface area (Å²) in [6, 6.07) is 2.07. The molecular weight excluding hydrogens is 596 g/mol. The number of carbonyl (C=O) groups is 4. The smallest absolute Gasteiger partial charge is 0.433 e. The normalized spacial score (nSPS) is 19.6. The summed E-state index contributed by atoms with van der Waals surface area (Å²) in [5.74, 6) is -2.18. The molecule has 3 unspecified atom stereocenters. The number of rotatable bonds is 11. The number of aromatic nitrogens is 4. The number of tetrazole rings is 1. The van der Waals surface area contributed by atoms with Gasteiger partial charge in [0, 0.05) is 11.5 Å². The van der Waals surface area contributed by atoms with Crippen LogP contribution in [0.5, 0.6) is 0 Å². The highest BCUT2D eigenvalue weighted by molar-refractivity contribution is 8.01. The molecule has 1 fully saturated rings. The predicted molar refractivity (Wildman–Crippen MR) is 146 cm³/mol. The molecule has 42 heavy (non-hydrogen) atoms. The van der Waals surface area contributed by atoms with E-state index < -0.39 is 47.1 Å². The summed E-state index contributed by atoms with van der Waals surface area (Å²) in [5.41, 5.74) is -0.772. The van der Waals surface area contributed by atoms with Gasteiger partial charge in [-0.2, -0.15) is 9.75 Å². The molecule has 0 saturated carbocycles. The Labute approximate surface area is 247 Å². The number of β-lactam (4-membered cyclic amide) rings is 1. The van der Waals surface area contributed by atoms with Crippen molar-refractivity contribution in [3.8, 4) is 0 Å². The number of carbonyl (C=O) groups excluding carboxylic acids is 2. The second kappa shape index (κ2) is 12.4. The van der Waals surface area contributed by atoms with Crippen molar-refractivity contribution in [1.29, 1.82) is 0 Å². The molecule has 2 aliphatic rings. The molecule has 0 radical (unpaired) electrons. The molecule has 226 valence electrons. The van der Waals surface area contributed by atoms with E-state index in [0.29, 0.717) is 5.57 Å². The fourth-order valence-electron chi connectivity index (χ4n) is 4.04. The lowest BCUT2D eigenvalue weighted by atomic mass is 10.0. The highest BCUT2D eigenvalue weighted by Gasteiger charge is 2.54. The zero-order chi connectivity index (χ0) is 30.8. The number of oxime groups is 1. The first kappa shape index (κ1) is 30.8. The Bertz CT molecular complexity index is 1420. The third-order valence-electron chi connectivity index (χ3n) is 5.78. The first-order valence-corrected chi connectivity index (χ1v) is 14.3. The van der Waals surface area contributed by atoms with Gasteiger partial charge in [0.1, 0.15) is 24.2 Å². The Morgan fingerprint density at radius 3 is 2.69 bits per heavy atom. The first-order chi connectivity index (χ1) is 19.8. The van der Waals surface area contributed by atoms with Crippen LogP contribution in [0.15, 0.2) is 44.4 Å². The van der Waals surface area contributed by atoms with Crippen LogP contribution in [-0.2, 0) is 24.1 Å². The molecule has 0 bridgehead atoms. The third kappa shape index (κ3) is 6.36. The molecule has 0 spiro atoms. The number of fused-ring (bicyclic) bond motifs is 1. The molecule has 3 amide bonds. The highest BCUT2D eigenvalue weighted by Crippen LogP contribution is 2.41. The minimum absolute atomic E-state index is 0.0889. The Hall–Kier alpha value is -4.10. The van der Waals surface area contributed by atoms with Crippen molar-refractivity contribution in [3.63, 3.8) is 0 Å². The van der Waals surface area contributed by atoms with Crippen molar-refractivity contribution < 1.29 is 43.5 Å². The SMILES string of the molecule is CO/N=C(/C(=O)NC1C(=O)N2C(C(=O)O)=C(CSc3nnnn3C(C)N(OC(C)(C)C)C(=O)O)CSC12)c1ccco1. The van der Waals surface area contributed by atoms with Crippen molar-refractivity contribution in [1.82, 2.24) is 35.5 Å². The van der Waals surface area contributed by atoms with Crippen LogP contribution in [0.3, 0.4) is 0 Å². The van der Waals surface area contributed by atoms with Gasteiger partial charge in [-0.15, -0.1) is 16.9 Å². The fourth-order valence-corrected chi connectivity index (χ4v) is 6.48. The average Bonchev–Trinajstić information content (AvgIpc) is 3.63. The van der Waals surface area contributed by atoms with Crippen LogP contribution in [-0.4, -0.2) is 106 Å². The van der Waals surface area contributed by atoms with E-state index in [1.165, 1.54) is 42.8 Å². The predicted octanol–water partition coefficient (Wildman–Crippen LogP) is 1.38. The lowest BCUT2D eigenvalue weighted by molar-refractivity contribution is -0.236. The summed E-state index contributed by atoms with van der Waals surface area (Å²) in [5, 5.41) is 37.7. The van der Waals surface area contributed by atoms with Crippen molar-refractivity contribution in [2.24, 2.45) is 5.16 Å². The lowest BCUT2D eigenvalue weighted by Gasteiger charge is -2.49. The van der Waals surface area contributed by atoms with Gasteiger partial charge in [0.05, 0.1) is 11.9 Å². The van der Waals surface area contributed by atoms with Crippen molar-refractivity contribution in [2.75, 3.05) is 18.6 Å². The van der Waals surface area contributed by atoms with Gasteiger partial charge in [0.15, 0.2) is 11.9 Å². The third-order valence-corrected chi connectivity index (χ3v) is 8.14. The molecule has 3 N–H and O–H groups in total. The number of carboxylic acid groups (broad SMARTS) is 2. The van der Waals surface area contributed by atoms with E-state index in [1.807, 2.05) is 0 Å². The van der Waals surface area contributed by atoms with Crippen LogP contribution in [0.4, 0.5) is 4.79 Å². The van der Waals surface area contributed by atoms with Gasteiger partial charge >= 0.3 is 12.1 Å². The van der Waals surface area contributed by atoms with Crippen LogP contribution < -0.4 is 5.32 Å². The number of furan rings is 1. The summed E-state index contributed by atoms with van der Waals surface area (Å²) in [7, 11) is 1.26. The molecule has 2 aromatic rings. The van der Waals surface area contributed by atoms with Gasteiger partial charge in [-0.3, -0.25) is 19.3 Å². The van der Waals surface area contributed by atoms with Gasteiger partial charge < -0.3 is 24.8 Å². The Morgan fingerprint density at radius 2 is 2.10 bits per heavy atom. The average molecular weight is 625 g/mol. The monoisotopic (exact) mass is 624 g/mol. The topological polar surface area (TPSA) is 215 Å². The quantitative estimate of drug-likeness (QED) is 0.139. The number of hydrogen-bond donors (Lipinski definition) is 3. The number of thioether (sulfide) groups is 2. The summed E-state index contributed by atoms with van der Waals surface area (Å²) in [6.07, 6.45) is -0.950. The second-order valence-corrected chi connectivity index (χ2v) is 11.9. The standard InChI is InChI=1S/C23H28N8O9S2/c1-11(31(22(36)37)40-23(2,3)4)30-21(25-27-28-30)42-10-12-9-41-19-15(18(33)29(19)16(12)20(34)35)24-17(32)14(26-38-5)13-7-6-8-39-13/h6-8,11,15,19H,9-10H2,1-5H3,(H,24,32)(H,34,35)(H,36,37)/b26-14+. The molecule has 2 aromatic heterocycles. The summed E-state index contributed by atoms with van der Waals surface area (Å²) in [4.78, 5) is 61.4. The van der Waals surface area contributed by atoms with Gasteiger partial charge in [-0.25, -0.2) is 9.59 Å². The van der Waals surface area contributed by atoms with Gasteiger partial charge in [0.2, 0.25) is 10.9 Å². The molecule has 17 nitrogen and oxygen atoms in total. The molecule has 4 heterocycles. The Morgan fingerprint density at radius 1 is 1.36 bits per heavy atom. The molecule has 2 aliphatic heterocycles. The zero-order valence-electron chi connectivity index (χ0n) is 23.1. The van der Waals surface area contributed by atoms with Crippen molar-refractivity contribution in [2.45, 2.75) is 56.0 Å². The molecule has 1 saturated heterocycles. The minimum atomic E-state index is -1.35. The van der Waals surface area contributed by atoms with E-state index >= 15 is 0 Å². The molecule has 3 atom stereocenters. The molecule has 0 aromatic carbocycles. The Kier molecular flexibility index (Phi) is 9.12. The van der Waals surface area contributed by atoms with E-state index in [-0.39, 0.29) is 33.8 Å². The fraction of sp³-hybridized carbons (Fsp3) is 0.478. The largest absolute Gasteiger partial charge is 0.477 e. The maximum Gasteiger partial charge on any atom is 0.433 e. The van der Waals surface area contributed by atoms with Gasteiger partial charge in [0.25, 0.3) is 11.8 Å². The van der Waals surface area contributed by atoms with Crippen LogP contribution in [0.25, 0.3) is 0 Å². The molecule has 4 rings (SSSR count). The minimum Gasteiger partial charge on any atom is -0.477 e. The Balaban J connectivity index is 1.48. The number of hydroxylamine groups is 2. The van der Waals surface area contributed by atoms with E-state index in [4.69, 9.17) is 14.1 Å². The summed E-state index contributed by atoms with van der Waals surface area (Å²) < 4.78 is 6.45. The van der Waals surface area contributed by atoms with E-state index in [2.05, 4.69) is 26.0 Å². The lowest BCUT2D eigenvalue weighted by Crippen LogP contribution is -2.71. The molecular formula is C23H28N8O9S2. The second-order valence-electron chi connectivity index (χ2n) is 9.86. The van der Waals surface area contributed by atoms with Crippen LogP contribution >= 0.6 is 23.5 Å². The van der Waals surface area contributed by atoms with E-state index in [0.717, 1.165) is 21.7 Å². The maximum atomic E-state index is 13.1. The van der Waals surface area contributed by atoms with Crippen molar-refractivity contribution >= 4 is 53.1 Å². The zero-order valence-corrected chi connectivity index (χ0v) is 24.7.